The van der Waals surface area contributed by atoms with E-state index in [1.807, 2.05) is 11.4 Å². The fourth-order valence-electron chi connectivity index (χ4n) is 3.81. The Hall–Kier alpha value is -1.67. The second-order valence-corrected chi connectivity index (χ2v) is 8.13. The van der Waals surface area contributed by atoms with Crippen LogP contribution >= 0.6 is 11.3 Å². The summed E-state index contributed by atoms with van der Waals surface area (Å²) in [6, 6.07) is 2.06. The largest absolute Gasteiger partial charge is 0.352 e. The Morgan fingerprint density at radius 3 is 2.75 bits per heavy atom. The first kappa shape index (κ1) is 17.2. The predicted octanol–water partition coefficient (Wildman–Crippen LogP) is 3.64. The molecular formula is C19H24N2O2S. The first-order valence-electron chi connectivity index (χ1n) is 8.93. The van der Waals surface area contributed by atoms with Crippen molar-refractivity contribution in [1.82, 2.24) is 5.32 Å². The molecule has 1 amide bonds. The van der Waals surface area contributed by atoms with Crippen LogP contribution in [0.25, 0.3) is 0 Å². The topological polar surface area (TPSA) is 70.0 Å². The number of hydrogen-bond acceptors (Lipinski definition) is 4. The van der Waals surface area contributed by atoms with Gasteiger partial charge in [-0.2, -0.15) is 5.26 Å². The lowest BCUT2D eigenvalue weighted by atomic mass is 9.86. The molecule has 3 rings (SSSR count). The molecule has 2 atom stereocenters. The molecule has 0 bridgehead atoms. The molecule has 0 radical (unpaired) electrons. The molecule has 1 N–H and O–H groups in total. The number of carbonyl (C=O) groups excluding carboxylic acids is 2. The summed E-state index contributed by atoms with van der Waals surface area (Å²) in [7, 11) is 0. The third kappa shape index (κ3) is 3.54. The van der Waals surface area contributed by atoms with Gasteiger partial charge in [-0.25, -0.2) is 0 Å². The van der Waals surface area contributed by atoms with Crippen LogP contribution in [0.5, 0.6) is 0 Å². The van der Waals surface area contributed by atoms with Crippen LogP contribution in [0, 0.1) is 23.2 Å². The molecule has 24 heavy (non-hydrogen) atoms. The van der Waals surface area contributed by atoms with Crippen LogP contribution in [-0.4, -0.2) is 17.7 Å². The van der Waals surface area contributed by atoms with Crippen molar-refractivity contribution in [1.29, 1.82) is 5.26 Å². The average molecular weight is 344 g/mol. The number of nitriles is 1. The van der Waals surface area contributed by atoms with Gasteiger partial charge in [0.15, 0.2) is 11.7 Å². The van der Waals surface area contributed by atoms with Gasteiger partial charge in [0.05, 0.1) is 6.07 Å². The van der Waals surface area contributed by atoms with Crippen molar-refractivity contribution >= 4 is 23.0 Å². The Bertz CT molecular complexity index is 667. The van der Waals surface area contributed by atoms with E-state index in [2.05, 4.69) is 12.2 Å². The van der Waals surface area contributed by atoms with Crippen molar-refractivity contribution in [2.45, 2.75) is 64.3 Å². The predicted molar refractivity (Wildman–Crippen MR) is 94.0 cm³/mol. The summed E-state index contributed by atoms with van der Waals surface area (Å²) in [4.78, 5) is 26.5. The van der Waals surface area contributed by atoms with Gasteiger partial charge in [-0.3, -0.25) is 9.59 Å². The van der Waals surface area contributed by atoms with Crippen LogP contribution in [0.4, 0.5) is 0 Å². The Morgan fingerprint density at radius 1 is 1.29 bits per heavy atom. The molecule has 2 aliphatic carbocycles. The standard InChI is InChI=1S/C19H24N2O2S/c1-12-7-8-14-16(11-24-17(14)9-12)18(22)15(10-20)19(23)21-13-5-3-2-4-6-13/h11-13,15H,2-9H2,1H3,(H,21,23). The molecule has 0 saturated heterocycles. The maximum Gasteiger partial charge on any atom is 0.245 e. The molecule has 1 saturated carbocycles. The van der Waals surface area contributed by atoms with Gasteiger partial charge >= 0.3 is 0 Å². The van der Waals surface area contributed by atoms with Gasteiger partial charge in [-0.05, 0) is 43.6 Å². The number of fused-ring (bicyclic) bond motifs is 1. The minimum absolute atomic E-state index is 0.118. The Morgan fingerprint density at radius 2 is 2.04 bits per heavy atom. The third-order valence-corrected chi connectivity index (χ3v) is 6.32. The molecule has 2 unspecified atom stereocenters. The highest BCUT2D eigenvalue weighted by atomic mass is 32.1. The molecule has 0 spiro atoms. The van der Waals surface area contributed by atoms with Crippen molar-refractivity contribution < 1.29 is 9.59 Å². The summed E-state index contributed by atoms with van der Waals surface area (Å²) in [6.45, 7) is 2.22. The maximum absolute atomic E-state index is 12.8. The van der Waals surface area contributed by atoms with Gasteiger partial charge in [-0.15, -0.1) is 11.3 Å². The molecule has 0 aromatic carbocycles. The number of ketones is 1. The smallest absolute Gasteiger partial charge is 0.245 e. The van der Waals surface area contributed by atoms with Crippen LogP contribution < -0.4 is 5.32 Å². The van der Waals surface area contributed by atoms with E-state index in [0.29, 0.717) is 11.5 Å². The van der Waals surface area contributed by atoms with Gasteiger partial charge in [0.1, 0.15) is 0 Å². The summed E-state index contributed by atoms with van der Waals surface area (Å²) >= 11 is 1.60. The number of amides is 1. The third-order valence-electron chi connectivity index (χ3n) is 5.27. The molecule has 4 nitrogen and oxygen atoms in total. The van der Waals surface area contributed by atoms with E-state index in [-0.39, 0.29) is 11.8 Å². The molecule has 1 heterocycles. The summed E-state index contributed by atoms with van der Waals surface area (Å²) in [5, 5.41) is 14.2. The molecule has 2 aliphatic rings. The van der Waals surface area contributed by atoms with E-state index in [1.165, 1.54) is 11.3 Å². The van der Waals surface area contributed by atoms with Crippen molar-refractivity contribution in [3.05, 3.63) is 21.4 Å². The highest BCUT2D eigenvalue weighted by Gasteiger charge is 2.33. The SMILES string of the molecule is CC1CCc2c(C(=O)C(C#N)C(=O)NC3CCCCC3)csc2C1. The summed E-state index contributed by atoms with van der Waals surface area (Å²) < 4.78 is 0. The monoisotopic (exact) mass is 344 g/mol. The van der Waals surface area contributed by atoms with Crippen LogP contribution in [0.3, 0.4) is 0 Å². The van der Waals surface area contributed by atoms with E-state index in [9.17, 15) is 14.9 Å². The van der Waals surface area contributed by atoms with Gasteiger partial charge < -0.3 is 5.32 Å². The quantitative estimate of drug-likeness (QED) is 0.669. The Balaban J connectivity index is 1.72. The number of thiophene rings is 1. The zero-order chi connectivity index (χ0) is 17.1. The molecule has 0 aliphatic heterocycles. The number of hydrogen-bond donors (Lipinski definition) is 1. The minimum Gasteiger partial charge on any atom is -0.352 e. The summed E-state index contributed by atoms with van der Waals surface area (Å²) in [5.41, 5.74) is 1.68. The van der Waals surface area contributed by atoms with E-state index in [0.717, 1.165) is 50.5 Å². The average Bonchev–Trinajstić information content (AvgIpc) is 2.99. The van der Waals surface area contributed by atoms with Gasteiger partial charge in [0, 0.05) is 21.9 Å². The normalized spacial score (nSPS) is 22.2. The van der Waals surface area contributed by atoms with Gasteiger partial charge in [0.25, 0.3) is 0 Å². The lowest BCUT2D eigenvalue weighted by Crippen LogP contribution is -2.42. The van der Waals surface area contributed by atoms with E-state index >= 15 is 0 Å². The number of Topliss-reactive ketones (excluding diaryl/α,β-unsaturated/α-hetero) is 1. The van der Waals surface area contributed by atoms with Crippen LogP contribution in [0.15, 0.2) is 5.38 Å². The Kier molecular flexibility index (Phi) is 5.35. The fourth-order valence-corrected chi connectivity index (χ4v) is 5.06. The zero-order valence-electron chi connectivity index (χ0n) is 14.1. The molecule has 5 heteroatoms. The number of carbonyl (C=O) groups is 2. The first-order valence-corrected chi connectivity index (χ1v) is 9.81. The first-order chi connectivity index (χ1) is 11.6. The fraction of sp³-hybridized carbons (Fsp3) is 0.632. The minimum atomic E-state index is -1.22. The molecule has 1 fully saturated rings. The van der Waals surface area contributed by atoms with E-state index in [1.54, 1.807) is 11.3 Å². The van der Waals surface area contributed by atoms with E-state index in [4.69, 9.17) is 0 Å². The second-order valence-electron chi connectivity index (χ2n) is 7.17. The van der Waals surface area contributed by atoms with Crippen molar-refractivity contribution in [2.24, 2.45) is 11.8 Å². The van der Waals surface area contributed by atoms with Crippen LogP contribution in [-0.2, 0) is 17.6 Å². The van der Waals surface area contributed by atoms with Crippen LogP contribution in [0.1, 0.15) is 66.2 Å². The summed E-state index contributed by atoms with van der Waals surface area (Å²) in [6.07, 6.45) is 8.25. The van der Waals surface area contributed by atoms with Gasteiger partial charge in [-0.1, -0.05) is 26.2 Å². The lowest BCUT2D eigenvalue weighted by molar-refractivity contribution is -0.123. The van der Waals surface area contributed by atoms with Crippen molar-refractivity contribution in [2.75, 3.05) is 0 Å². The number of nitrogens with one attached hydrogen (secondary N) is 1. The van der Waals surface area contributed by atoms with Crippen molar-refractivity contribution in [3.63, 3.8) is 0 Å². The van der Waals surface area contributed by atoms with E-state index < -0.39 is 11.8 Å². The highest BCUT2D eigenvalue weighted by molar-refractivity contribution is 7.10. The lowest BCUT2D eigenvalue weighted by Gasteiger charge is -2.24. The molecule has 1 aromatic heterocycles. The van der Waals surface area contributed by atoms with Gasteiger partial charge in [0.2, 0.25) is 5.91 Å². The molecule has 128 valence electrons. The molecular weight excluding hydrogens is 320 g/mol. The Labute approximate surface area is 147 Å². The highest BCUT2D eigenvalue weighted by Crippen LogP contribution is 2.34. The molecule has 1 aromatic rings. The second kappa shape index (κ2) is 7.48. The summed E-state index contributed by atoms with van der Waals surface area (Å²) in [5.74, 6) is -1.32. The van der Waals surface area contributed by atoms with Crippen LogP contribution in [0.2, 0.25) is 0 Å². The number of nitrogens with zero attached hydrogens (tertiary/aromatic N) is 1. The number of rotatable bonds is 4. The van der Waals surface area contributed by atoms with Crippen molar-refractivity contribution in [3.8, 4) is 6.07 Å². The maximum atomic E-state index is 12.8. The zero-order valence-corrected chi connectivity index (χ0v) is 15.0.